The summed E-state index contributed by atoms with van der Waals surface area (Å²) in [5.41, 5.74) is 2.08. The molecule has 156 valence electrons. The number of ketones is 1. The molecule has 4 heteroatoms. The van der Waals surface area contributed by atoms with Crippen LogP contribution in [0.1, 0.15) is 101 Å². The standard InChI is InChI=1S/C25H35N3O/c1-4-25(14-10-5-6-11-15-25)17-22(29)20-18-26-28-23(20)27-21(16-24(28,2)3)19-12-8-7-9-13-19/h7-9,12-13,18,21,27H,4-6,10-11,14-17H2,1-3H3. The minimum atomic E-state index is -0.135. The molecule has 4 nitrogen and oxygen atoms in total. The first kappa shape index (κ1) is 20.2. The maximum atomic E-state index is 13.5. The highest BCUT2D eigenvalue weighted by Crippen LogP contribution is 2.44. The minimum Gasteiger partial charge on any atom is -0.363 e. The van der Waals surface area contributed by atoms with E-state index in [9.17, 15) is 4.79 Å². The number of rotatable bonds is 5. The molecule has 0 amide bonds. The summed E-state index contributed by atoms with van der Waals surface area (Å²) < 4.78 is 2.03. The lowest BCUT2D eigenvalue weighted by Gasteiger charge is -2.38. The summed E-state index contributed by atoms with van der Waals surface area (Å²) in [6.45, 7) is 6.69. The average Bonchev–Trinajstić information content (AvgIpc) is 3.02. The molecule has 1 N–H and O–H groups in total. The molecule has 1 unspecified atom stereocenters. The summed E-state index contributed by atoms with van der Waals surface area (Å²) >= 11 is 0. The number of aromatic nitrogens is 2. The molecule has 1 aromatic carbocycles. The zero-order chi connectivity index (χ0) is 20.5. The van der Waals surface area contributed by atoms with Crippen molar-refractivity contribution in [2.75, 3.05) is 5.32 Å². The smallest absolute Gasteiger partial charge is 0.168 e. The van der Waals surface area contributed by atoms with Crippen molar-refractivity contribution >= 4 is 11.6 Å². The van der Waals surface area contributed by atoms with Crippen LogP contribution in [-0.2, 0) is 5.54 Å². The number of carbonyl (C=O) groups is 1. The van der Waals surface area contributed by atoms with E-state index in [0.29, 0.717) is 6.42 Å². The summed E-state index contributed by atoms with van der Waals surface area (Å²) in [4.78, 5) is 13.5. The Morgan fingerprint density at radius 3 is 2.48 bits per heavy atom. The first-order valence-electron chi connectivity index (χ1n) is 11.4. The zero-order valence-electron chi connectivity index (χ0n) is 18.2. The van der Waals surface area contributed by atoms with Crippen LogP contribution >= 0.6 is 0 Å². The molecule has 1 fully saturated rings. The number of nitrogens with zero attached hydrogens (tertiary/aromatic N) is 2. The Balaban J connectivity index is 1.62. The number of hydrogen-bond donors (Lipinski definition) is 1. The van der Waals surface area contributed by atoms with Gasteiger partial charge in [-0.2, -0.15) is 5.10 Å². The van der Waals surface area contributed by atoms with E-state index in [1.165, 1.54) is 44.1 Å². The molecule has 2 aromatic rings. The highest BCUT2D eigenvalue weighted by atomic mass is 16.1. The van der Waals surface area contributed by atoms with Gasteiger partial charge in [-0.1, -0.05) is 69.4 Å². The lowest BCUT2D eigenvalue weighted by Crippen LogP contribution is -2.38. The lowest BCUT2D eigenvalue weighted by molar-refractivity contribution is 0.0884. The fourth-order valence-electron chi connectivity index (χ4n) is 5.41. The Morgan fingerprint density at radius 2 is 1.83 bits per heavy atom. The number of hydrogen-bond acceptors (Lipinski definition) is 3. The Labute approximate surface area is 175 Å². The number of benzene rings is 1. The van der Waals surface area contributed by atoms with Gasteiger partial charge in [0.1, 0.15) is 5.82 Å². The molecule has 1 aliphatic heterocycles. The molecule has 29 heavy (non-hydrogen) atoms. The predicted octanol–water partition coefficient (Wildman–Crippen LogP) is 6.50. The SMILES string of the molecule is CCC1(CC(=O)c2cnn3c2NC(c2ccccc2)CC3(C)C)CCCCCC1. The molecule has 4 rings (SSSR count). The molecule has 0 bridgehead atoms. The van der Waals surface area contributed by atoms with E-state index in [2.05, 4.69) is 55.5 Å². The number of nitrogens with one attached hydrogen (secondary N) is 1. The zero-order valence-corrected chi connectivity index (χ0v) is 18.2. The van der Waals surface area contributed by atoms with Gasteiger partial charge in [0.25, 0.3) is 0 Å². The molecule has 0 radical (unpaired) electrons. The van der Waals surface area contributed by atoms with Gasteiger partial charge in [0.15, 0.2) is 5.78 Å². The van der Waals surface area contributed by atoms with Crippen LogP contribution in [-0.4, -0.2) is 15.6 Å². The quantitative estimate of drug-likeness (QED) is 0.466. The topological polar surface area (TPSA) is 46.9 Å². The normalized spacial score (nSPS) is 22.9. The number of anilines is 1. The highest BCUT2D eigenvalue weighted by Gasteiger charge is 2.38. The Morgan fingerprint density at radius 1 is 1.14 bits per heavy atom. The summed E-state index contributed by atoms with van der Waals surface area (Å²) in [5, 5.41) is 8.31. The van der Waals surface area contributed by atoms with Crippen LogP contribution in [0.5, 0.6) is 0 Å². The van der Waals surface area contributed by atoms with Crippen LogP contribution in [0.2, 0.25) is 0 Å². The molecule has 1 aromatic heterocycles. The molecule has 0 spiro atoms. The number of Topliss-reactive ketones (excluding diaryl/α,β-unsaturated/α-hetero) is 1. The van der Waals surface area contributed by atoms with Gasteiger partial charge in [0.2, 0.25) is 0 Å². The van der Waals surface area contributed by atoms with Gasteiger partial charge < -0.3 is 5.32 Å². The minimum absolute atomic E-state index is 0.135. The third kappa shape index (κ3) is 3.99. The van der Waals surface area contributed by atoms with Crippen molar-refractivity contribution in [1.82, 2.24) is 9.78 Å². The third-order valence-electron chi connectivity index (χ3n) is 7.31. The maximum absolute atomic E-state index is 13.5. The molecular formula is C25H35N3O. The monoisotopic (exact) mass is 393 g/mol. The van der Waals surface area contributed by atoms with E-state index >= 15 is 0 Å². The second-order valence-corrected chi connectivity index (χ2v) is 9.81. The van der Waals surface area contributed by atoms with Crippen molar-refractivity contribution in [2.45, 2.75) is 90.1 Å². The van der Waals surface area contributed by atoms with E-state index < -0.39 is 0 Å². The van der Waals surface area contributed by atoms with Gasteiger partial charge in [-0.05, 0) is 44.1 Å². The van der Waals surface area contributed by atoms with Crippen molar-refractivity contribution in [3.05, 3.63) is 47.7 Å². The van der Waals surface area contributed by atoms with Crippen LogP contribution < -0.4 is 5.32 Å². The maximum Gasteiger partial charge on any atom is 0.168 e. The van der Waals surface area contributed by atoms with Gasteiger partial charge in [-0.3, -0.25) is 4.79 Å². The van der Waals surface area contributed by atoms with E-state index in [4.69, 9.17) is 0 Å². The van der Waals surface area contributed by atoms with E-state index in [1.54, 1.807) is 6.20 Å². The molecule has 1 saturated carbocycles. The fourth-order valence-corrected chi connectivity index (χ4v) is 5.41. The Hall–Kier alpha value is -2.10. The Kier molecular flexibility index (Phi) is 5.54. The number of carbonyl (C=O) groups excluding carboxylic acids is 1. The van der Waals surface area contributed by atoms with Crippen molar-refractivity contribution in [1.29, 1.82) is 0 Å². The van der Waals surface area contributed by atoms with Crippen molar-refractivity contribution in [3.8, 4) is 0 Å². The summed E-state index contributed by atoms with van der Waals surface area (Å²) in [5.74, 6) is 1.16. The molecular weight excluding hydrogens is 358 g/mol. The van der Waals surface area contributed by atoms with Gasteiger partial charge >= 0.3 is 0 Å². The second kappa shape index (κ2) is 7.97. The Bertz CT molecular complexity index is 844. The van der Waals surface area contributed by atoms with E-state index in [-0.39, 0.29) is 22.8 Å². The third-order valence-corrected chi connectivity index (χ3v) is 7.31. The van der Waals surface area contributed by atoms with Crippen LogP contribution in [0.15, 0.2) is 36.5 Å². The summed E-state index contributed by atoms with van der Waals surface area (Å²) in [6, 6.07) is 10.7. The van der Waals surface area contributed by atoms with Crippen LogP contribution in [0, 0.1) is 5.41 Å². The lowest BCUT2D eigenvalue weighted by atomic mass is 9.73. The predicted molar refractivity (Wildman–Crippen MR) is 118 cm³/mol. The van der Waals surface area contributed by atoms with Crippen molar-refractivity contribution in [3.63, 3.8) is 0 Å². The van der Waals surface area contributed by atoms with Crippen molar-refractivity contribution < 1.29 is 4.79 Å². The van der Waals surface area contributed by atoms with Gasteiger partial charge in [0.05, 0.1) is 23.3 Å². The second-order valence-electron chi connectivity index (χ2n) is 9.81. The van der Waals surface area contributed by atoms with Crippen LogP contribution in [0.4, 0.5) is 5.82 Å². The molecule has 2 heterocycles. The van der Waals surface area contributed by atoms with E-state index in [1.807, 2.05) is 10.7 Å². The molecule has 0 saturated heterocycles. The molecule has 1 aliphatic carbocycles. The van der Waals surface area contributed by atoms with Gasteiger partial charge in [0, 0.05) is 6.42 Å². The first-order valence-corrected chi connectivity index (χ1v) is 11.4. The largest absolute Gasteiger partial charge is 0.363 e. The molecule has 2 aliphatic rings. The summed E-state index contributed by atoms with van der Waals surface area (Å²) in [7, 11) is 0. The summed E-state index contributed by atoms with van der Waals surface area (Å²) in [6.07, 6.45) is 12.0. The fraction of sp³-hybridized carbons (Fsp3) is 0.600. The van der Waals surface area contributed by atoms with Gasteiger partial charge in [-0.25, -0.2) is 4.68 Å². The average molecular weight is 394 g/mol. The number of fused-ring (bicyclic) bond motifs is 1. The molecule has 1 atom stereocenters. The van der Waals surface area contributed by atoms with Crippen molar-refractivity contribution in [2.24, 2.45) is 5.41 Å². The van der Waals surface area contributed by atoms with E-state index in [0.717, 1.165) is 24.2 Å². The van der Waals surface area contributed by atoms with Crippen LogP contribution in [0.3, 0.4) is 0 Å². The van der Waals surface area contributed by atoms with Crippen LogP contribution in [0.25, 0.3) is 0 Å². The highest BCUT2D eigenvalue weighted by molar-refractivity contribution is 6.01. The first-order chi connectivity index (χ1) is 13.9. The van der Waals surface area contributed by atoms with Gasteiger partial charge in [-0.15, -0.1) is 0 Å².